The minimum absolute atomic E-state index is 0.0434. The third-order valence-electron chi connectivity index (χ3n) is 4.66. The molecule has 6 nitrogen and oxygen atoms in total. The Labute approximate surface area is 151 Å². The van der Waals surface area contributed by atoms with Gasteiger partial charge in [-0.3, -0.25) is 4.79 Å². The van der Waals surface area contributed by atoms with E-state index in [1.54, 1.807) is 18.3 Å². The van der Waals surface area contributed by atoms with Crippen molar-refractivity contribution in [3.8, 4) is 11.6 Å². The topological polar surface area (TPSA) is 80.7 Å². The highest BCUT2D eigenvalue weighted by molar-refractivity contribution is 5.97. The van der Waals surface area contributed by atoms with Crippen molar-refractivity contribution in [2.75, 3.05) is 14.2 Å². The summed E-state index contributed by atoms with van der Waals surface area (Å²) in [5.41, 5.74) is 0.632. The molecule has 0 aliphatic heterocycles. The van der Waals surface area contributed by atoms with E-state index < -0.39 is 17.8 Å². The SMILES string of the molecule is COc1ccc(C(NC(=O)c2c(F)cccc2OC)C2CC(O)C2)cn1. The first kappa shape index (κ1) is 18.1. The maximum absolute atomic E-state index is 14.2. The largest absolute Gasteiger partial charge is 0.496 e. The summed E-state index contributed by atoms with van der Waals surface area (Å²) in [6.07, 6.45) is 2.36. The fourth-order valence-electron chi connectivity index (χ4n) is 3.18. The molecule has 1 fully saturated rings. The lowest BCUT2D eigenvalue weighted by Gasteiger charge is -2.38. The number of halogens is 1. The Kier molecular flexibility index (Phi) is 5.37. The van der Waals surface area contributed by atoms with Crippen molar-refractivity contribution in [1.82, 2.24) is 10.3 Å². The van der Waals surface area contributed by atoms with Crippen LogP contribution in [0.5, 0.6) is 11.6 Å². The standard InChI is InChI=1S/C19H21FN2O4/c1-25-15-5-3-4-14(20)17(15)19(24)22-18(12-8-13(23)9-12)11-6-7-16(26-2)21-10-11/h3-7,10,12-13,18,23H,8-9H2,1-2H3,(H,22,24). The summed E-state index contributed by atoms with van der Waals surface area (Å²) in [4.78, 5) is 16.9. The molecule has 1 saturated carbocycles. The van der Waals surface area contributed by atoms with Crippen LogP contribution in [0.15, 0.2) is 36.5 Å². The number of nitrogens with zero attached hydrogens (tertiary/aromatic N) is 1. The lowest BCUT2D eigenvalue weighted by atomic mass is 9.75. The van der Waals surface area contributed by atoms with E-state index in [9.17, 15) is 14.3 Å². The molecule has 2 N–H and O–H groups in total. The van der Waals surface area contributed by atoms with Crippen molar-refractivity contribution in [3.05, 3.63) is 53.5 Å². The Hall–Kier alpha value is -2.67. The summed E-state index contributed by atoms with van der Waals surface area (Å²) in [5.74, 6) is -0.544. The molecular weight excluding hydrogens is 339 g/mol. The number of carbonyl (C=O) groups is 1. The molecule has 1 atom stereocenters. The van der Waals surface area contributed by atoms with Crippen molar-refractivity contribution in [3.63, 3.8) is 0 Å². The second kappa shape index (κ2) is 7.70. The van der Waals surface area contributed by atoms with E-state index in [0.29, 0.717) is 18.7 Å². The number of aliphatic hydroxyl groups excluding tert-OH is 1. The molecule has 26 heavy (non-hydrogen) atoms. The lowest BCUT2D eigenvalue weighted by Crippen LogP contribution is -2.41. The van der Waals surface area contributed by atoms with Gasteiger partial charge in [0.15, 0.2) is 0 Å². The van der Waals surface area contributed by atoms with E-state index in [0.717, 1.165) is 5.56 Å². The molecule has 1 amide bonds. The second-order valence-electron chi connectivity index (χ2n) is 6.29. The van der Waals surface area contributed by atoms with Gasteiger partial charge in [0.25, 0.3) is 5.91 Å². The number of carbonyl (C=O) groups excluding carboxylic acids is 1. The van der Waals surface area contributed by atoms with Gasteiger partial charge in [-0.2, -0.15) is 0 Å². The van der Waals surface area contributed by atoms with E-state index in [1.165, 1.54) is 32.4 Å². The van der Waals surface area contributed by atoms with Crippen molar-refractivity contribution in [2.45, 2.75) is 25.0 Å². The van der Waals surface area contributed by atoms with Gasteiger partial charge in [0.05, 0.1) is 26.4 Å². The van der Waals surface area contributed by atoms with E-state index in [1.807, 2.05) is 0 Å². The first-order valence-electron chi connectivity index (χ1n) is 8.34. The summed E-state index contributed by atoms with van der Waals surface area (Å²) in [7, 11) is 2.91. The van der Waals surface area contributed by atoms with Crippen LogP contribution in [-0.2, 0) is 0 Å². The third kappa shape index (κ3) is 3.62. The number of benzene rings is 1. The molecule has 1 heterocycles. The van der Waals surface area contributed by atoms with Gasteiger partial charge in [-0.05, 0) is 36.5 Å². The van der Waals surface area contributed by atoms with Crippen LogP contribution in [0.1, 0.15) is 34.8 Å². The van der Waals surface area contributed by atoms with E-state index in [4.69, 9.17) is 9.47 Å². The highest BCUT2D eigenvalue weighted by Crippen LogP contribution is 2.38. The molecule has 138 valence electrons. The zero-order valence-corrected chi connectivity index (χ0v) is 14.6. The molecule has 3 rings (SSSR count). The maximum atomic E-state index is 14.2. The summed E-state index contributed by atoms with van der Waals surface area (Å²) < 4.78 is 24.4. The van der Waals surface area contributed by atoms with E-state index >= 15 is 0 Å². The third-order valence-corrected chi connectivity index (χ3v) is 4.66. The number of ether oxygens (including phenoxy) is 2. The second-order valence-corrected chi connectivity index (χ2v) is 6.29. The molecular formula is C19H21FN2O4. The van der Waals surface area contributed by atoms with Gasteiger partial charge < -0.3 is 19.9 Å². The molecule has 0 saturated heterocycles. The van der Waals surface area contributed by atoms with Crippen LogP contribution < -0.4 is 14.8 Å². The number of methoxy groups -OCH3 is 2. The predicted molar refractivity (Wildman–Crippen MR) is 92.7 cm³/mol. The average Bonchev–Trinajstić information content (AvgIpc) is 2.63. The number of hydrogen-bond donors (Lipinski definition) is 2. The normalized spacial score (nSPS) is 20.0. The van der Waals surface area contributed by atoms with Crippen molar-refractivity contribution in [2.24, 2.45) is 5.92 Å². The highest BCUT2D eigenvalue weighted by atomic mass is 19.1. The lowest BCUT2D eigenvalue weighted by molar-refractivity contribution is 0.0233. The van der Waals surface area contributed by atoms with Crippen LogP contribution in [0.4, 0.5) is 4.39 Å². The molecule has 7 heteroatoms. The fourth-order valence-corrected chi connectivity index (χ4v) is 3.18. The van der Waals surface area contributed by atoms with Crippen LogP contribution in [0.3, 0.4) is 0 Å². The Morgan fingerprint density at radius 2 is 2.04 bits per heavy atom. The maximum Gasteiger partial charge on any atom is 0.258 e. The number of hydrogen-bond acceptors (Lipinski definition) is 5. The first-order chi connectivity index (χ1) is 12.5. The zero-order chi connectivity index (χ0) is 18.7. The van der Waals surface area contributed by atoms with Crippen LogP contribution >= 0.6 is 0 Å². The monoisotopic (exact) mass is 360 g/mol. The quantitative estimate of drug-likeness (QED) is 0.827. The van der Waals surface area contributed by atoms with Gasteiger partial charge in [-0.1, -0.05) is 12.1 Å². The molecule has 1 aliphatic carbocycles. The summed E-state index contributed by atoms with van der Waals surface area (Å²) >= 11 is 0. The summed E-state index contributed by atoms with van der Waals surface area (Å²) in [6.45, 7) is 0. The number of aromatic nitrogens is 1. The molecule has 1 unspecified atom stereocenters. The highest BCUT2D eigenvalue weighted by Gasteiger charge is 2.36. The van der Waals surface area contributed by atoms with Gasteiger partial charge in [0.2, 0.25) is 5.88 Å². The van der Waals surface area contributed by atoms with E-state index in [-0.39, 0.29) is 23.3 Å². The molecule has 1 aromatic carbocycles. The molecule has 1 aromatic heterocycles. The zero-order valence-electron chi connectivity index (χ0n) is 14.6. The molecule has 1 aliphatic rings. The van der Waals surface area contributed by atoms with Crippen molar-refractivity contribution in [1.29, 1.82) is 0 Å². The van der Waals surface area contributed by atoms with Crippen LogP contribution in [-0.4, -0.2) is 36.3 Å². The smallest absolute Gasteiger partial charge is 0.258 e. The van der Waals surface area contributed by atoms with Crippen LogP contribution in [0.25, 0.3) is 0 Å². The van der Waals surface area contributed by atoms with Gasteiger partial charge in [-0.25, -0.2) is 9.37 Å². The minimum Gasteiger partial charge on any atom is -0.496 e. The summed E-state index contributed by atoms with van der Waals surface area (Å²) in [5, 5.41) is 12.5. The average molecular weight is 360 g/mol. The number of rotatable bonds is 6. The Morgan fingerprint density at radius 3 is 2.62 bits per heavy atom. The molecule has 0 spiro atoms. The first-order valence-corrected chi connectivity index (χ1v) is 8.34. The fraction of sp³-hybridized carbons (Fsp3) is 0.368. The van der Waals surface area contributed by atoms with E-state index in [2.05, 4.69) is 10.3 Å². The van der Waals surface area contributed by atoms with Crippen molar-refractivity contribution < 1.29 is 23.8 Å². The van der Waals surface area contributed by atoms with Gasteiger partial charge in [0, 0.05) is 12.3 Å². The Balaban J connectivity index is 1.87. The van der Waals surface area contributed by atoms with Crippen molar-refractivity contribution >= 4 is 5.91 Å². The summed E-state index contributed by atoms with van der Waals surface area (Å²) in [6, 6.07) is 7.35. The van der Waals surface area contributed by atoms with Crippen LogP contribution in [0.2, 0.25) is 0 Å². The molecule has 2 aromatic rings. The number of aliphatic hydroxyl groups is 1. The van der Waals surface area contributed by atoms with Crippen LogP contribution in [0, 0.1) is 11.7 Å². The minimum atomic E-state index is -0.651. The predicted octanol–water partition coefficient (Wildman–Crippen LogP) is 2.48. The van der Waals surface area contributed by atoms with Gasteiger partial charge >= 0.3 is 0 Å². The number of amides is 1. The van der Waals surface area contributed by atoms with Gasteiger partial charge in [0.1, 0.15) is 17.1 Å². The molecule has 0 bridgehead atoms. The van der Waals surface area contributed by atoms with Gasteiger partial charge in [-0.15, -0.1) is 0 Å². The number of pyridine rings is 1. The Morgan fingerprint density at radius 1 is 1.27 bits per heavy atom. The molecule has 0 radical (unpaired) electrons. The number of nitrogens with one attached hydrogen (secondary N) is 1. The Bertz CT molecular complexity index is 776.